The first-order valence-corrected chi connectivity index (χ1v) is 8.02. The molecular weight excluding hydrogens is 298 g/mol. The third-order valence-corrected chi connectivity index (χ3v) is 4.79. The zero-order valence-electron chi connectivity index (χ0n) is 12.4. The Morgan fingerprint density at radius 3 is 2.50 bits per heavy atom. The first-order chi connectivity index (χ1) is 10.7. The van der Waals surface area contributed by atoms with Crippen LogP contribution in [0, 0.1) is 6.92 Å². The average molecular weight is 315 g/mol. The molecule has 6 heteroatoms. The topological polar surface area (TPSA) is 53.5 Å². The molecule has 3 rings (SSSR count). The summed E-state index contributed by atoms with van der Waals surface area (Å²) >= 11 is 1.54. The smallest absolute Gasteiger partial charge is 0.273 e. The number of thiazole rings is 1. The van der Waals surface area contributed by atoms with Gasteiger partial charge in [0.05, 0.1) is 0 Å². The van der Waals surface area contributed by atoms with Crippen molar-refractivity contribution in [1.29, 1.82) is 0 Å². The van der Waals surface area contributed by atoms with E-state index in [1.54, 1.807) is 9.80 Å². The van der Waals surface area contributed by atoms with Crippen LogP contribution in [-0.4, -0.2) is 53.3 Å². The highest BCUT2D eigenvalue weighted by Gasteiger charge is 2.25. The Bertz CT molecular complexity index is 676. The van der Waals surface area contributed by atoms with E-state index in [1.165, 1.54) is 11.3 Å². The summed E-state index contributed by atoms with van der Waals surface area (Å²) in [5.74, 6) is -0.0403. The van der Waals surface area contributed by atoms with E-state index in [1.807, 2.05) is 37.3 Å². The number of aromatic nitrogens is 1. The second-order valence-corrected chi connectivity index (χ2v) is 6.43. The minimum absolute atomic E-state index is 0.0403. The molecule has 0 spiro atoms. The molecule has 1 fully saturated rings. The first kappa shape index (κ1) is 14.7. The van der Waals surface area contributed by atoms with Gasteiger partial charge in [0.1, 0.15) is 10.7 Å². The van der Waals surface area contributed by atoms with Crippen LogP contribution in [0.2, 0.25) is 0 Å². The molecule has 0 atom stereocenters. The maximum absolute atomic E-state index is 12.6. The lowest BCUT2D eigenvalue weighted by molar-refractivity contribution is -0.119. The summed E-state index contributed by atoms with van der Waals surface area (Å²) in [5, 5.41) is 0.868. The summed E-state index contributed by atoms with van der Waals surface area (Å²) < 4.78 is 0. The van der Waals surface area contributed by atoms with Crippen LogP contribution in [0.15, 0.2) is 30.3 Å². The number of hydrogen-bond acceptors (Lipinski definition) is 4. The Hall–Kier alpha value is -2.21. The molecule has 1 aliphatic heterocycles. The van der Waals surface area contributed by atoms with Crippen molar-refractivity contribution in [2.45, 2.75) is 6.92 Å². The minimum Gasteiger partial charge on any atom is -0.342 e. The van der Waals surface area contributed by atoms with E-state index in [0.29, 0.717) is 31.9 Å². The Labute approximate surface area is 133 Å². The van der Waals surface area contributed by atoms with Gasteiger partial charge in [-0.3, -0.25) is 9.59 Å². The molecule has 1 aromatic carbocycles. The van der Waals surface area contributed by atoms with Crippen LogP contribution in [0.5, 0.6) is 0 Å². The fourth-order valence-corrected chi connectivity index (χ4v) is 3.39. The standard InChI is InChI=1S/C16H17N3O2S/c1-12-14(16(21)19-9-7-18(11-20)8-10-19)17-15(22-12)13-5-3-2-4-6-13/h2-6,11H,7-10H2,1H3. The van der Waals surface area contributed by atoms with Gasteiger partial charge in [0.2, 0.25) is 6.41 Å². The highest BCUT2D eigenvalue weighted by Crippen LogP contribution is 2.28. The molecule has 5 nitrogen and oxygen atoms in total. The number of aryl methyl sites for hydroxylation is 1. The van der Waals surface area contributed by atoms with Crippen molar-refractivity contribution in [2.24, 2.45) is 0 Å². The van der Waals surface area contributed by atoms with E-state index < -0.39 is 0 Å². The van der Waals surface area contributed by atoms with Gasteiger partial charge in [0.15, 0.2) is 0 Å². The molecule has 22 heavy (non-hydrogen) atoms. The lowest BCUT2D eigenvalue weighted by atomic mass is 10.2. The third-order valence-electron chi connectivity index (χ3n) is 3.77. The zero-order chi connectivity index (χ0) is 15.5. The van der Waals surface area contributed by atoms with Crippen molar-refractivity contribution in [2.75, 3.05) is 26.2 Å². The Kier molecular flexibility index (Phi) is 4.20. The first-order valence-electron chi connectivity index (χ1n) is 7.20. The number of amides is 2. The summed E-state index contributed by atoms with van der Waals surface area (Å²) in [5.41, 5.74) is 1.56. The third kappa shape index (κ3) is 2.87. The fourth-order valence-electron chi connectivity index (χ4n) is 2.48. The van der Waals surface area contributed by atoms with Gasteiger partial charge in [0.25, 0.3) is 5.91 Å². The second-order valence-electron chi connectivity index (χ2n) is 5.22. The van der Waals surface area contributed by atoms with E-state index in [2.05, 4.69) is 4.98 Å². The minimum atomic E-state index is -0.0403. The number of carbonyl (C=O) groups excluding carboxylic acids is 2. The van der Waals surface area contributed by atoms with Crippen LogP contribution in [0.1, 0.15) is 15.4 Å². The van der Waals surface area contributed by atoms with Crippen LogP contribution < -0.4 is 0 Å². The van der Waals surface area contributed by atoms with Crippen LogP contribution in [-0.2, 0) is 4.79 Å². The number of piperazine rings is 1. The Morgan fingerprint density at radius 2 is 1.86 bits per heavy atom. The summed E-state index contributed by atoms with van der Waals surface area (Å²) in [7, 11) is 0. The summed E-state index contributed by atoms with van der Waals surface area (Å²) in [6.07, 6.45) is 0.837. The number of rotatable bonds is 3. The molecule has 0 radical (unpaired) electrons. The molecule has 0 N–H and O–H groups in total. The summed E-state index contributed by atoms with van der Waals surface area (Å²) in [6, 6.07) is 9.88. The van der Waals surface area contributed by atoms with Gasteiger partial charge in [-0.2, -0.15) is 0 Å². The summed E-state index contributed by atoms with van der Waals surface area (Å²) in [4.78, 5) is 32.3. The van der Waals surface area contributed by atoms with Crippen LogP contribution >= 0.6 is 11.3 Å². The quantitative estimate of drug-likeness (QED) is 0.815. The van der Waals surface area contributed by atoms with E-state index >= 15 is 0 Å². The maximum Gasteiger partial charge on any atom is 0.273 e. The van der Waals surface area contributed by atoms with Gasteiger partial charge in [0, 0.05) is 36.6 Å². The second kappa shape index (κ2) is 6.27. The molecular formula is C16H17N3O2S. The zero-order valence-corrected chi connectivity index (χ0v) is 13.2. The molecule has 2 heterocycles. The SMILES string of the molecule is Cc1sc(-c2ccccc2)nc1C(=O)N1CCN(C=O)CC1. The lowest BCUT2D eigenvalue weighted by Gasteiger charge is -2.32. The predicted octanol–water partition coefficient (Wildman–Crippen LogP) is 2.03. The molecule has 0 saturated carbocycles. The van der Waals surface area contributed by atoms with Gasteiger partial charge in [-0.05, 0) is 6.92 Å². The van der Waals surface area contributed by atoms with Crippen molar-refractivity contribution in [3.8, 4) is 10.6 Å². The highest BCUT2D eigenvalue weighted by atomic mass is 32.1. The number of benzene rings is 1. The molecule has 114 valence electrons. The highest BCUT2D eigenvalue weighted by molar-refractivity contribution is 7.15. The molecule has 2 amide bonds. The van der Waals surface area contributed by atoms with Crippen molar-refractivity contribution in [1.82, 2.24) is 14.8 Å². The lowest BCUT2D eigenvalue weighted by Crippen LogP contribution is -2.48. The van der Waals surface area contributed by atoms with Gasteiger partial charge in [-0.15, -0.1) is 11.3 Å². The fraction of sp³-hybridized carbons (Fsp3) is 0.312. The monoisotopic (exact) mass is 315 g/mol. The number of carbonyl (C=O) groups is 2. The Morgan fingerprint density at radius 1 is 1.18 bits per heavy atom. The molecule has 1 aliphatic rings. The molecule has 0 bridgehead atoms. The Balaban J connectivity index is 1.79. The number of hydrogen-bond donors (Lipinski definition) is 0. The number of nitrogens with zero attached hydrogens (tertiary/aromatic N) is 3. The molecule has 0 aliphatic carbocycles. The molecule has 1 saturated heterocycles. The van der Waals surface area contributed by atoms with Crippen molar-refractivity contribution in [3.63, 3.8) is 0 Å². The van der Waals surface area contributed by atoms with Crippen molar-refractivity contribution < 1.29 is 9.59 Å². The average Bonchev–Trinajstić information content (AvgIpc) is 2.97. The van der Waals surface area contributed by atoms with Crippen LogP contribution in [0.3, 0.4) is 0 Å². The normalized spacial score (nSPS) is 15.0. The summed E-state index contributed by atoms with van der Waals surface area (Å²) in [6.45, 7) is 4.23. The molecule has 1 aromatic heterocycles. The van der Waals surface area contributed by atoms with Crippen LogP contribution in [0.4, 0.5) is 0 Å². The van der Waals surface area contributed by atoms with Crippen molar-refractivity contribution >= 4 is 23.7 Å². The van der Waals surface area contributed by atoms with E-state index in [-0.39, 0.29) is 5.91 Å². The largest absolute Gasteiger partial charge is 0.342 e. The van der Waals surface area contributed by atoms with Gasteiger partial charge in [-0.1, -0.05) is 30.3 Å². The van der Waals surface area contributed by atoms with E-state index in [4.69, 9.17) is 0 Å². The van der Waals surface area contributed by atoms with Gasteiger partial charge < -0.3 is 9.80 Å². The molecule has 2 aromatic rings. The van der Waals surface area contributed by atoms with E-state index in [9.17, 15) is 9.59 Å². The van der Waals surface area contributed by atoms with Gasteiger partial charge in [-0.25, -0.2) is 4.98 Å². The van der Waals surface area contributed by atoms with Crippen molar-refractivity contribution in [3.05, 3.63) is 40.9 Å². The molecule has 0 unspecified atom stereocenters. The maximum atomic E-state index is 12.6. The predicted molar refractivity (Wildman–Crippen MR) is 85.8 cm³/mol. The van der Waals surface area contributed by atoms with Gasteiger partial charge >= 0.3 is 0 Å². The van der Waals surface area contributed by atoms with Crippen LogP contribution in [0.25, 0.3) is 10.6 Å². The van der Waals surface area contributed by atoms with E-state index in [0.717, 1.165) is 21.9 Å².